The number of H-pyrrole nitrogens is 1. The summed E-state index contributed by atoms with van der Waals surface area (Å²) in [6, 6.07) is 7.94. The van der Waals surface area contributed by atoms with Crippen molar-refractivity contribution in [3.63, 3.8) is 0 Å². The molecule has 0 radical (unpaired) electrons. The van der Waals surface area contributed by atoms with Gasteiger partial charge in [0.05, 0.1) is 31.1 Å². The van der Waals surface area contributed by atoms with Crippen molar-refractivity contribution in [1.29, 1.82) is 0 Å². The first-order valence-corrected chi connectivity index (χ1v) is 8.13. The van der Waals surface area contributed by atoms with Gasteiger partial charge in [-0.2, -0.15) is 5.10 Å². The molecule has 2 heterocycles. The number of nitrogens with zero attached hydrogens (tertiary/aromatic N) is 2. The van der Waals surface area contributed by atoms with Gasteiger partial charge in [0.25, 0.3) is 0 Å². The van der Waals surface area contributed by atoms with E-state index in [1.54, 1.807) is 12.4 Å². The van der Waals surface area contributed by atoms with Crippen molar-refractivity contribution in [1.82, 2.24) is 20.4 Å². The largest absolute Gasteiger partial charge is 0.379 e. The van der Waals surface area contributed by atoms with Crippen molar-refractivity contribution < 1.29 is 9.53 Å². The molecule has 3 rings (SSSR count). The summed E-state index contributed by atoms with van der Waals surface area (Å²) in [5.41, 5.74) is 2.93. The minimum absolute atomic E-state index is 0.0874. The molecule has 2 aromatic rings. The molecule has 0 spiro atoms. The van der Waals surface area contributed by atoms with E-state index in [0.29, 0.717) is 5.69 Å². The normalized spacial score (nSPS) is 16.5. The molecule has 0 saturated carbocycles. The number of amides is 2. The summed E-state index contributed by atoms with van der Waals surface area (Å²) in [6.45, 7) is 6.05. The Bertz CT molecular complexity index is 636. The summed E-state index contributed by atoms with van der Waals surface area (Å²) in [5.74, 6) is 0. The highest BCUT2D eigenvalue weighted by molar-refractivity contribution is 5.89. The van der Waals surface area contributed by atoms with E-state index in [0.717, 1.165) is 38.4 Å². The maximum absolute atomic E-state index is 12.3. The van der Waals surface area contributed by atoms with Gasteiger partial charge in [0.2, 0.25) is 0 Å². The van der Waals surface area contributed by atoms with Gasteiger partial charge in [-0.05, 0) is 12.5 Å². The summed E-state index contributed by atoms with van der Waals surface area (Å²) >= 11 is 0. The SMILES string of the molecule is Cc1ccc([C@H](CN2CCOCC2)NC(=O)Nc2cn[nH]c2)cc1. The van der Waals surface area contributed by atoms with Crippen LogP contribution in [-0.4, -0.2) is 54.0 Å². The molecular formula is C17H23N5O2. The van der Waals surface area contributed by atoms with Gasteiger partial charge in [0.15, 0.2) is 0 Å². The van der Waals surface area contributed by atoms with Crippen LogP contribution in [0.15, 0.2) is 36.7 Å². The average Bonchev–Trinajstić information content (AvgIpc) is 3.09. The number of hydrogen-bond donors (Lipinski definition) is 3. The number of ether oxygens (including phenoxy) is 1. The zero-order chi connectivity index (χ0) is 16.8. The molecule has 1 aliphatic rings. The molecule has 2 amide bonds. The molecule has 7 heteroatoms. The average molecular weight is 329 g/mol. The second-order valence-electron chi connectivity index (χ2n) is 5.96. The van der Waals surface area contributed by atoms with Crippen molar-refractivity contribution in [3.05, 3.63) is 47.8 Å². The van der Waals surface area contributed by atoms with Crippen LogP contribution in [-0.2, 0) is 4.74 Å². The van der Waals surface area contributed by atoms with E-state index >= 15 is 0 Å². The summed E-state index contributed by atoms with van der Waals surface area (Å²) in [6.07, 6.45) is 3.21. The first-order valence-electron chi connectivity index (χ1n) is 8.13. The number of carbonyl (C=O) groups excluding carboxylic acids is 1. The molecule has 7 nitrogen and oxygen atoms in total. The van der Waals surface area contributed by atoms with E-state index in [2.05, 4.69) is 56.9 Å². The Kier molecular flexibility index (Phi) is 5.45. The first-order chi connectivity index (χ1) is 11.7. The lowest BCUT2D eigenvalue weighted by Gasteiger charge is -2.31. The highest BCUT2D eigenvalue weighted by Crippen LogP contribution is 2.17. The number of morpholine rings is 1. The fourth-order valence-corrected chi connectivity index (χ4v) is 2.72. The van der Waals surface area contributed by atoms with Crippen LogP contribution in [0, 0.1) is 6.92 Å². The number of aryl methyl sites for hydroxylation is 1. The van der Waals surface area contributed by atoms with Crippen LogP contribution in [0.4, 0.5) is 10.5 Å². The Morgan fingerprint density at radius 2 is 2.08 bits per heavy atom. The highest BCUT2D eigenvalue weighted by Gasteiger charge is 2.20. The van der Waals surface area contributed by atoms with Gasteiger partial charge in [0, 0.05) is 25.8 Å². The number of nitrogens with one attached hydrogen (secondary N) is 3. The molecule has 0 unspecified atom stereocenters. The summed E-state index contributed by atoms with van der Waals surface area (Å²) in [7, 11) is 0. The second-order valence-corrected chi connectivity index (χ2v) is 5.96. The van der Waals surface area contributed by atoms with E-state index in [1.807, 2.05) is 0 Å². The summed E-state index contributed by atoms with van der Waals surface area (Å²) < 4.78 is 5.40. The fraction of sp³-hybridized carbons (Fsp3) is 0.412. The number of benzene rings is 1. The Labute approximate surface area is 141 Å². The molecule has 0 aliphatic carbocycles. The summed E-state index contributed by atoms with van der Waals surface area (Å²) in [5, 5.41) is 12.4. The lowest BCUT2D eigenvalue weighted by atomic mass is 10.0. The van der Waals surface area contributed by atoms with Gasteiger partial charge in [-0.1, -0.05) is 29.8 Å². The van der Waals surface area contributed by atoms with E-state index < -0.39 is 0 Å². The smallest absolute Gasteiger partial charge is 0.319 e. The van der Waals surface area contributed by atoms with Crippen LogP contribution in [0.2, 0.25) is 0 Å². The topological polar surface area (TPSA) is 82.3 Å². The minimum atomic E-state index is -0.241. The lowest BCUT2D eigenvalue weighted by molar-refractivity contribution is 0.0340. The number of hydrogen-bond acceptors (Lipinski definition) is 4. The maximum atomic E-state index is 12.3. The molecule has 3 N–H and O–H groups in total. The van der Waals surface area contributed by atoms with Crippen molar-refractivity contribution in [2.75, 3.05) is 38.2 Å². The number of carbonyl (C=O) groups is 1. The Hall–Kier alpha value is -2.38. The quantitative estimate of drug-likeness (QED) is 0.783. The van der Waals surface area contributed by atoms with Crippen LogP contribution >= 0.6 is 0 Å². The van der Waals surface area contributed by atoms with E-state index in [1.165, 1.54) is 5.56 Å². The van der Waals surface area contributed by atoms with Gasteiger partial charge in [-0.25, -0.2) is 4.79 Å². The monoisotopic (exact) mass is 329 g/mol. The maximum Gasteiger partial charge on any atom is 0.319 e. The molecule has 1 saturated heterocycles. The molecule has 128 valence electrons. The van der Waals surface area contributed by atoms with Gasteiger partial charge >= 0.3 is 6.03 Å². The lowest BCUT2D eigenvalue weighted by Crippen LogP contribution is -2.44. The predicted molar refractivity (Wildman–Crippen MR) is 91.9 cm³/mol. The standard InChI is InChI=1S/C17H23N5O2/c1-13-2-4-14(5-3-13)16(12-22-6-8-24-9-7-22)21-17(23)20-15-10-18-19-11-15/h2-5,10-11,16H,6-9,12H2,1H3,(H,18,19)(H2,20,21,23)/t16-/m0/s1. The molecule has 1 aromatic heterocycles. The third-order valence-electron chi connectivity index (χ3n) is 4.09. The third kappa shape index (κ3) is 4.56. The number of anilines is 1. The molecule has 1 aliphatic heterocycles. The zero-order valence-corrected chi connectivity index (χ0v) is 13.8. The Morgan fingerprint density at radius 3 is 2.75 bits per heavy atom. The van der Waals surface area contributed by atoms with E-state index in [9.17, 15) is 4.79 Å². The number of aromatic amines is 1. The van der Waals surface area contributed by atoms with Crippen LogP contribution in [0.1, 0.15) is 17.2 Å². The third-order valence-corrected chi connectivity index (χ3v) is 4.09. The van der Waals surface area contributed by atoms with Crippen LogP contribution in [0.3, 0.4) is 0 Å². The number of urea groups is 1. The Morgan fingerprint density at radius 1 is 1.33 bits per heavy atom. The molecular weight excluding hydrogens is 306 g/mol. The summed E-state index contributed by atoms with van der Waals surface area (Å²) in [4.78, 5) is 14.6. The highest BCUT2D eigenvalue weighted by atomic mass is 16.5. The fourth-order valence-electron chi connectivity index (χ4n) is 2.72. The minimum Gasteiger partial charge on any atom is -0.379 e. The Balaban J connectivity index is 1.68. The number of aromatic nitrogens is 2. The van der Waals surface area contributed by atoms with E-state index in [4.69, 9.17) is 4.74 Å². The van der Waals surface area contributed by atoms with Crippen molar-refractivity contribution in [2.45, 2.75) is 13.0 Å². The van der Waals surface area contributed by atoms with Crippen LogP contribution in [0.25, 0.3) is 0 Å². The number of rotatable bonds is 5. The zero-order valence-electron chi connectivity index (χ0n) is 13.8. The van der Waals surface area contributed by atoms with Gasteiger partial charge in [0.1, 0.15) is 0 Å². The van der Waals surface area contributed by atoms with Crippen molar-refractivity contribution in [2.24, 2.45) is 0 Å². The predicted octanol–water partition coefficient (Wildman–Crippen LogP) is 1.91. The van der Waals surface area contributed by atoms with Crippen molar-refractivity contribution >= 4 is 11.7 Å². The van der Waals surface area contributed by atoms with Gasteiger partial charge in [-0.3, -0.25) is 10.00 Å². The molecule has 24 heavy (non-hydrogen) atoms. The molecule has 1 aromatic carbocycles. The second kappa shape index (κ2) is 7.94. The van der Waals surface area contributed by atoms with E-state index in [-0.39, 0.29) is 12.1 Å². The molecule has 0 bridgehead atoms. The van der Waals surface area contributed by atoms with Crippen LogP contribution < -0.4 is 10.6 Å². The van der Waals surface area contributed by atoms with Crippen molar-refractivity contribution in [3.8, 4) is 0 Å². The van der Waals surface area contributed by atoms with Crippen LogP contribution in [0.5, 0.6) is 0 Å². The molecule has 1 atom stereocenters. The van der Waals surface area contributed by atoms with Gasteiger partial charge in [-0.15, -0.1) is 0 Å². The molecule has 1 fully saturated rings. The van der Waals surface area contributed by atoms with Gasteiger partial charge < -0.3 is 15.4 Å². The first kappa shape index (κ1) is 16.5.